The van der Waals surface area contributed by atoms with Crippen molar-refractivity contribution in [2.24, 2.45) is 0 Å². The number of amides is 1. The van der Waals surface area contributed by atoms with Crippen LogP contribution >= 0.6 is 0 Å². The largest absolute Gasteiger partial charge is 0.377 e. The van der Waals surface area contributed by atoms with Gasteiger partial charge in [0.05, 0.1) is 6.07 Å². The van der Waals surface area contributed by atoms with Gasteiger partial charge in [-0.25, -0.2) is 0 Å². The molecule has 1 fully saturated rings. The molecule has 7 heteroatoms. The number of ether oxygens (including phenoxy) is 1. The quantitative estimate of drug-likeness (QED) is 0.864. The van der Waals surface area contributed by atoms with E-state index in [9.17, 15) is 10.1 Å². The Hall–Kier alpha value is -1.91. The van der Waals surface area contributed by atoms with Crippen LogP contribution in [-0.4, -0.2) is 48.7 Å². The van der Waals surface area contributed by atoms with E-state index in [0.29, 0.717) is 18.6 Å². The summed E-state index contributed by atoms with van der Waals surface area (Å²) in [5.74, 6) is 0.0919. The van der Waals surface area contributed by atoms with Gasteiger partial charge in [-0.2, -0.15) is 5.26 Å². The van der Waals surface area contributed by atoms with Crippen molar-refractivity contribution in [2.75, 3.05) is 27.2 Å². The average molecular weight is 278 g/mol. The Balaban J connectivity index is 2.03. The first-order valence-corrected chi connectivity index (χ1v) is 6.45. The van der Waals surface area contributed by atoms with E-state index in [1.54, 1.807) is 0 Å². The van der Waals surface area contributed by atoms with Gasteiger partial charge in [0.15, 0.2) is 11.5 Å². The smallest absolute Gasteiger partial charge is 0.274 e. The van der Waals surface area contributed by atoms with Crippen LogP contribution in [-0.2, 0) is 11.3 Å². The summed E-state index contributed by atoms with van der Waals surface area (Å²) >= 11 is 0. The predicted octanol–water partition coefficient (Wildman–Crippen LogP) is 0.539. The third-order valence-electron chi connectivity index (χ3n) is 3.49. The molecule has 1 aromatic heterocycles. The zero-order chi connectivity index (χ0) is 14.6. The minimum atomic E-state index is -0.816. The highest BCUT2D eigenvalue weighted by molar-refractivity contribution is 5.93. The molecule has 0 aliphatic carbocycles. The van der Waals surface area contributed by atoms with Gasteiger partial charge in [-0.1, -0.05) is 5.16 Å². The van der Waals surface area contributed by atoms with Gasteiger partial charge in [0.2, 0.25) is 0 Å². The molecule has 0 atom stereocenters. The van der Waals surface area contributed by atoms with Crippen LogP contribution in [0, 0.1) is 11.3 Å². The van der Waals surface area contributed by atoms with Crippen LogP contribution in [0.5, 0.6) is 0 Å². The van der Waals surface area contributed by atoms with Gasteiger partial charge in [0.1, 0.15) is 12.1 Å². The first-order valence-electron chi connectivity index (χ1n) is 6.45. The zero-order valence-electron chi connectivity index (χ0n) is 11.7. The molecule has 7 nitrogen and oxygen atoms in total. The lowest BCUT2D eigenvalue weighted by atomic mass is 9.89. The summed E-state index contributed by atoms with van der Waals surface area (Å²) in [6.07, 6.45) is 1.21. The number of nitrogens with one attached hydrogen (secondary N) is 1. The molecule has 1 aliphatic rings. The molecular formula is C13H18N4O3. The van der Waals surface area contributed by atoms with Gasteiger partial charge >= 0.3 is 0 Å². The van der Waals surface area contributed by atoms with E-state index < -0.39 is 5.54 Å². The second-order valence-electron chi connectivity index (χ2n) is 5.06. The number of aromatic nitrogens is 1. The fourth-order valence-electron chi connectivity index (χ4n) is 2.18. The van der Waals surface area contributed by atoms with Crippen LogP contribution in [0.25, 0.3) is 0 Å². The Bertz CT molecular complexity index is 512. The topological polar surface area (TPSA) is 91.4 Å². The number of rotatable bonds is 4. The van der Waals surface area contributed by atoms with Crippen LogP contribution in [0.1, 0.15) is 29.1 Å². The van der Waals surface area contributed by atoms with Gasteiger partial charge in [-0.15, -0.1) is 0 Å². The van der Waals surface area contributed by atoms with Crippen LogP contribution in [0.15, 0.2) is 10.6 Å². The lowest BCUT2D eigenvalue weighted by Gasteiger charge is -2.35. The molecule has 2 rings (SSSR count). The van der Waals surface area contributed by atoms with Gasteiger partial charge in [-0.05, 0) is 19.9 Å². The van der Waals surface area contributed by atoms with Crippen molar-refractivity contribution in [2.45, 2.75) is 25.0 Å². The lowest BCUT2D eigenvalue weighted by Crippen LogP contribution is -2.53. The summed E-state index contributed by atoms with van der Waals surface area (Å²) in [4.78, 5) is 14.3. The Morgan fingerprint density at radius 3 is 2.95 bits per heavy atom. The van der Waals surface area contributed by atoms with Gasteiger partial charge in [-0.3, -0.25) is 4.79 Å². The minimum Gasteiger partial charge on any atom is -0.377 e. The van der Waals surface area contributed by atoms with E-state index in [1.165, 1.54) is 13.2 Å². The predicted molar refractivity (Wildman–Crippen MR) is 69.8 cm³/mol. The Morgan fingerprint density at radius 2 is 2.35 bits per heavy atom. The number of nitriles is 1. The molecule has 0 bridgehead atoms. The molecule has 0 saturated carbocycles. The van der Waals surface area contributed by atoms with Crippen LogP contribution in [0.4, 0.5) is 0 Å². The number of carbonyl (C=O) groups excluding carboxylic acids is 1. The van der Waals surface area contributed by atoms with Crippen LogP contribution in [0.3, 0.4) is 0 Å². The fraction of sp³-hybridized carbons (Fsp3) is 0.615. The molecule has 1 N–H and O–H groups in total. The Morgan fingerprint density at radius 1 is 1.65 bits per heavy atom. The van der Waals surface area contributed by atoms with Crippen molar-refractivity contribution < 1.29 is 14.1 Å². The highest BCUT2D eigenvalue weighted by atomic mass is 16.5. The molecule has 0 unspecified atom stereocenters. The third kappa shape index (κ3) is 3.15. The zero-order valence-corrected chi connectivity index (χ0v) is 11.7. The monoisotopic (exact) mass is 278 g/mol. The van der Waals surface area contributed by atoms with Crippen molar-refractivity contribution in [3.05, 3.63) is 17.5 Å². The minimum absolute atomic E-state index is 0.172. The van der Waals surface area contributed by atoms with Crippen molar-refractivity contribution in [3.8, 4) is 6.07 Å². The van der Waals surface area contributed by atoms with E-state index >= 15 is 0 Å². The fourth-order valence-corrected chi connectivity index (χ4v) is 2.18. The van der Waals surface area contributed by atoms with Crippen molar-refractivity contribution in [1.29, 1.82) is 5.26 Å². The molecule has 1 amide bonds. The summed E-state index contributed by atoms with van der Waals surface area (Å²) in [6.45, 7) is 1.82. The van der Waals surface area contributed by atoms with Crippen LogP contribution < -0.4 is 5.32 Å². The van der Waals surface area contributed by atoms with Gasteiger partial charge < -0.3 is 19.5 Å². The summed E-state index contributed by atoms with van der Waals surface area (Å²) in [7, 11) is 3.53. The van der Waals surface area contributed by atoms with E-state index in [1.807, 2.05) is 7.05 Å². The lowest BCUT2D eigenvalue weighted by molar-refractivity contribution is 0.0872. The molecule has 0 aromatic carbocycles. The molecule has 1 aliphatic heterocycles. The summed E-state index contributed by atoms with van der Waals surface area (Å²) in [5.41, 5.74) is -0.644. The van der Waals surface area contributed by atoms with E-state index in [4.69, 9.17) is 9.26 Å². The number of hydrogen-bond acceptors (Lipinski definition) is 6. The Labute approximate surface area is 117 Å². The van der Waals surface area contributed by atoms with Crippen molar-refractivity contribution in [1.82, 2.24) is 15.4 Å². The van der Waals surface area contributed by atoms with Crippen molar-refractivity contribution >= 4 is 5.91 Å². The van der Waals surface area contributed by atoms with Gasteiger partial charge in [0, 0.05) is 26.3 Å². The second-order valence-corrected chi connectivity index (χ2v) is 5.06. The molecule has 1 saturated heterocycles. The Kier molecular flexibility index (Phi) is 4.37. The van der Waals surface area contributed by atoms with Crippen molar-refractivity contribution in [3.63, 3.8) is 0 Å². The van der Waals surface area contributed by atoms with E-state index in [0.717, 1.165) is 13.1 Å². The first kappa shape index (κ1) is 14.5. The molecule has 0 radical (unpaired) electrons. The summed E-state index contributed by atoms with van der Waals surface area (Å²) < 4.78 is 9.87. The number of piperidine rings is 1. The number of nitrogens with zero attached hydrogens (tertiary/aromatic N) is 3. The maximum absolute atomic E-state index is 12.1. The highest BCUT2D eigenvalue weighted by Crippen LogP contribution is 2.21. The second kappa shape index (κ2) is 6.03. The highest BCUT2D eigenvalue weighted by Gasteiger charge is 2.36. The number of likely N-dealkylation sites (tertiary alicyclic amines) is 1. The van der Waals surface area contributed by atoms with E-state index in [-0.39, 0.29) is 18.2 Å². The summed E-state index contributed by atoms with van der Waals surface area (Å²) in [6, 6.07) is 3.76. The average Bonchev–Trinajstić information content (AvgIpc) is 2.91. The third-order valence-corrected chi connectivity index (χ3v) is 3.49. The maximum Gasteiger partial charge on any atom is 0.274 e. The molecule has 20 heavy (non-hydrogen) atoms. The molecule has 1 aromatic rings. The number of methoxy groups -OCH3 is 1. The normalized spacial score (nSPS) is 18.4. The number of carbonyl (C=O) groups is 1. The van der Waals surface area contributed by atoms with Gasteiger partial charge in [0.25, 0.3) is 5.91 Å². The van der Waals surface area contributed by atoms with Crippen LogP contribution in [0.2, 0.25) is 0 Å². The molecule has 0 spiro atoms. The first-order chi connectivity index (χ1) is 9.58. The summed E-state index contributed by atoms with van der Waals surface area (Å²) in [5, 5.41) is 15.8. The standard InChI is InChI=1S/C13H18N4O3/c1-17-5-3-13(9-14,4-6-17)15-12(18)11-7-10(8-19-2)20-16-11/h7H,3-6,8H2,1-2H3,(H,15,18). The maximum atomic E-state index is 12.1. The molecule has 2 heterocycles. The number of hydrogen-bond donors (Lipinski definition) is 1. The van der Waals surface area contributed by atoms with E-state index in [2.05, 4.69) is 21.4 Å². The molecule has 108 valence electrons. The SMILES string of the molecule is COCc1cc(C(=O)NC2(C#N)CCN(C)CC2)no1. The molecular weight excluding hydrogens is 260 g/mol.